The van der Waals surface area contributed by atoms with Crippen molar-refractivity contribution in [1.29, 1.82) is 0 Å². The van der Waals surface area contributed by atoms with E-state index in [-0.39, 0.29) is 6.10 Å². The van der Waals surface area contributed by atoms with Crippen LogP contribution in [0, 0.1) is 0 Å². The molecule has 0 spiro atoms. The van der Waals surface area contributed by atoms with Crippen LogP contribution < -0.4 is 20.5 Å². The fourth-order valence-electron chi connectivity index (χ4n) is 2.60. The molecule has 2 rings (SSSR count). The molecule has 3 N–H and O–H groups in total. The van der Waals surface area contributed by atoms with E-state index in [2.05, 4.69) is 15.2 Å². The Balaban J connectivity index is 1.64. The molecule has 0 saturated carbocycles. The van der Waals surface area contributed by atoms with E-state index in [0.29, 0.717) is 24.0 Å². The molecule has 0 bridgehead atoms. The van der Waals surface area contributed by atoms with Crippen molar-refractivity contribution in [2.75, 3.05) is 53.0 Å². The zero-order chi connectivity index (χ0) is 17.9. The highest BCUT2D eigenvalue weighted by atomic mass is 16.5. The van der Waals surface area contributed by atoms with Crippen molar-refractivity contribution in [2.24, 2.45) is 10.7 Å². The Kier molecular flexibility index (Phi) is 8.34. The number of morpholine rings is 1. The molecule has 1 atom stereocenters. The molecule has 1 aliphatic heterocycles. The van der Waals surface area contributed by atoms with Crippen LogP contribution in [0.15, 0.2) is 29.3 Å². The second kappa shape index (κ2) is 10.8. The van der Waals surface area contributed by atoms with Gasteiger partial charge in [-0.3, -0.25) is 4.90 Å². The van der Waals surface area contributed by atoms with Gasteiger partial charge < -0.3 is 25.3 Å². The number of methoxy groups -OCH3 is 1. The first-order chi connectivity index (χ1) is 12.2. The average Bonchev–Trinajstić information content (AvgIpc) is 2.65. The number of nitrogens with two attached hydrogens (primary N) is 1. The van der Waals surface area contributed by atoms with E-state index < -0.39 is 0 Å². The van der Waals surface area contributed by atoms with E-state index in [1.807, 2.05) is 31.2 Å². The summed E-state index contributed by atoms with van der Waals surface area (Å²) >= 11 is 0. The summed E-state index contributed by atoms with van der Waals surface area (Å²) in [5, 5.41) is 3.15. The number of guanidine groups is 1. The Morgan fingerprint density at radius 1 is 1.32 bits per heavy atom. The molecule has 25 heavy (non-hydrogen) atoms. The molecule has 1 aromatic carbocycles. The largest absolute Gasteiger partial charge is 0.493 e. The number of rotatable bonds is 9. The van der Waals surface area contributed by atoms with Gasteiger partial charge in [0.2, 0.25) is 0 Å². The molecule has 0 amide bonds. The van der Waals surface area contributed by atoms with Gasteiger partial charge in [-0.1, -0.05) is 12.1 Å². The molecule has 1 saturated heterocycles. The number of hydrogen-bond acceptors (Lipinski definition) is 5. The number of benzene rings is 1. The summed E-state index contributed by atoms with van der Waals surface area (Å²) in [6.07, 6.45) is 0.939. The standard InChI is InChI=1S/C18H30N4O3/c1-15(25-17-7-4-3-6-16(17)23-2)14-21-18(19)20-8-5-9-22-10-12-24-13-11-22/h3-4,6-7,15H,5,8-14H2,1-2H3,(H3,19,20,21). The van der Waals surface area contributed by atoms with E-state index in [1.54, 1.807) is 7.11 Å². The van der Waals surface area contributed by atoms with Gasteiger partial charge in [0.05, 0.1) is 26.9 Å². The lowest BCUT2D eigenvalue weighted by atomic mass is 10.3. The molecular formula is C18H30N4O3. The van der Waals surface area contributed by atoms with Crippen molar-refractivity contribution in [3.8, 4) is 11.5 Å². The molecule has 0 aromatic heterocycles. The second-order valence-corrected chi connectivity index (χ2v) is 6.04. The molecule has 140 valence electrons. The highest BCUT2D eigenvalue weighted by molar-refractivity contribution is 5.77. The highest BCUT2D eigenvalue weighted by Gasteiger charge is 2.10. The Labute approximate surface area is 150 Å². The lowest BCUT2D eigenvalue weighted by Gasteiger charge is -2.26. The van der Waals surface area contributed by atoms with Gasteiger partial charge in [0.15, 0.2) is 17.5 Å². The average molecular weight is 350 g/mol. The first-order valence-electron chi connectivity index (χ1n) is 8.82. The van der Waals surface area contributed by atoms with Crippen LogP contribution in [0.2, 0.25) is 0 Å². The van der Waals surface area contributed by atoms with Crippen LogP contribution in [0.4, 0.5) is 0 Å². The van der Waals surface area contributed by atoms with Gasteiger partial charge in [0.1, 0.15) is 6.10 Å². The fraction of sp³-hybridized carbons (Fsp3) is 0.611. The molecule has 1 aromatic rings. The van der Waals surface area contributed by atoms with Crippen LogP contribution in [0.3, 0.4) is 0 Å². The van der Waals surface area contributed by atoms with Gasteiger partial charge in [-0.25, -0.2) is 4.99 Å². The summed E-state index contributed by atoms with van der Waals surface area (Å²) in [6.45, 7) is 8.01. The lowest BCUT2D eigenvalue weighted by molar-refractivity contribution is 0.0376. The number of hydrogen-bond donors (Lipinski definition) is 2. The van der Waals surface area contributed by atoms with E-state index in [0.717, 1.165) is 45.8 Å². The Bertz CT molecular complexity index is 533. The van der Waals surface area contributed by atoms with Gasteiger partial charge >= 0.3 is 0 Å². The first kappa shape index (κ1) is 19.3. The molecule has 0 aliphatic carbocycles. The molecule has 0 radical (unpaired) electrons. The Morgan fingerprint density at radius 3 is 2.76 bits per heavy atom. The molecule has 7 heteroatoms. The van der Waals surface area contributed by atoms with Gasteiger partial charge in [0.25, 0.3) is 0 Å². The first-order valence-corrected chi connectivity index (χ1v) is 8.82. The van der Waals surface area contributed by atoms with Crippen LogP contribution in [0.1, 0.15) is 13.3 Å². The summed E-state index contributed by atoms with van der Waals surface area (Å²) in [5.74, 6) is 1.88. The van der Waals surface area contributed by atoms with Crippen molar-refractivity contribution < 1.29 is 14.2 Å². The minimum atomic E-state index is -0.0926. The van der Waals surface area contributed by atoms with Crippen molar-refractivity contribution in [2.45, 2.75) is 19.4 Å². The van der Waals surface area contributed by atoms with Gasteiger partial charge in [-0.2, -0.15) is 0 Å². The number of para-hydroxylation sites is 2. The van der Waals surface area contributed by atoms with E-state index in [1.165, 1.54) is 0 Å². The zero-order valence-electron chi connectivity index (χ0n) is 15.2. The molecule has 7 nitrogen and oxygen atoms in total. The number of ether oxygens (including phenoxy) is 3. The van der Waals surface area contributed by atoms with Gasteiger partial charge in [0, 0.05) is 19.6 Å². The van der Waals surface area contributed by atoms with Crippen molar-refractivity contribution in [3.05, 3.63) is 24.3 Å². The molecule has 1 heterocycles. The van der Waals surface area contributed by atoms with Crippen molar-refractivity contribution in [3.63, 3.8) is 0 Å². The third kappa shape index (κ3) is 7.19. The summed E-state index contributed by atoms with van der Waals surface area (Å²) in [7, 11) is 1.63. The van der Waals surface area contributed by atoms with E-state index >= 15 is 0 Å². The predicted octanol–water partition coefficient (Wildman–Crippen LogP) is 1.09. The van der Waals surface area contributed by atoms with Crippen LogP contribution in [0.25, 0.3) is 0 Å². The van der Waals surface area contributed by atoms with Crippen LogP contribution in [0.5, 0.6) is 11.5 Å². The minimum absolute atomic E-state index is 0.0926. The predicted molar refractivity (Wildman–Crippen MR) is 99.5 cm³/mol. The second-order valence-electron chi connectivity index (χ2n) is 6.04. The van der Waals surface area contributed by atoms with Crippen LogP contribution in [-0.2, 0) is 4.74 Å². The van der Waals surface area contributed by atoms with Crippen molar-refractivity contribution >= 4 is 5.96 Å². The maximum atomic E-state index is 5.92. The molecular weight excluding hydrogens is 320 g/mol. The minimum Gasteiger partial charge on any atom is -0.493 e. The quantitative estimate of drug-likeness (QED) is 0.394. The third-order valence-corrected chi connectivity index (χ3v) is 3.98. The number of aliphatic imine (C=N–C) groups is 1. The Morgan fingerprint density at radius 2 is 2.04 bits per heavy atom. The summed E-state index contributed by atoms with van der Waals surface area (Å²) in [5.41, 5.74) is 5.92. The van der Waals surface area contributed by atoms with Crippen LogP contribution >= 0.6 is 0 Å². The summed E-state index contributed by atoms with van der Waals surface area (Å²) in [4.78, 5) is 6.75. The maximum absolute atomic E-state index is 5.92. The maximum Gasteiger partial charge on any atom is 0.188 e. The van der Waals surface area contributed by atoms with Gasteiger partial charge in [-0.15, -0.1) is 0 Å². The fourth-order valence-corrected chi connectivity index (χ4v) is 2.60. The highest BCUT2D eigenvalue weighted by Crippen LogP contribution is 2.26. The zero-order valence-corrected chi connectivity index (χ0v) is 15.2. The Hall–Kier alpha value is -1.99. The SMILES string of the molecule is COc1ccccc1OC(C)CN=C(N)NCCCN1CCOCC1. The monoisotopic (exact) mass is 350 g/mol. The summed E-state index contributed by atoms with van der Waals surface area (Å²) in [6, 6.07) is 7.58. The van der Waals surface area contributed by atoms with E-state index in [4.69, 9.17) is 19.9 Å². The number of nitrogens with one attached hydrogen (secondary N) is 1. The van der Waals surface area contributed by atoms with Gasteiger partial charge in [-0.05, 0) is 32.0 Å². The molecule has 1 unspecified atom stereocenters. The molecule has 1 aliphatic rings. The van der Waals surface area contributed by atoms with E-state index in [9.17, 15) is 0 Å². The van der Waals surface area contributed by atoms with Crippen molar-refractivity contribution in [1.82, 2.24) is 10.2 Å². The topological polar surface area (TPSA) is 81.3 Å². The normalized spacial score (nSPS) is 17.1. The number of nitrogens with zero attached hydrogens (tertiary/aromatic N) is 2. The lowest BCUT2D eigenvalue weighted by Crippen LogP contribution is -2.39. The summed E-state index contributed by atoms with van der Waals surface area (Å²) < 4.78 is 16.5. The molecule has 1 fully saturated rings. The smallest absolute Gasteiger partial charge is 0.188 e. The third-order valence-electron chi connectivity index (χ3n) is 3.98. The van der Waals surface area contributed by atoms with Crippen LogP contribution in [-0.4, -0.2) is 70.0 Å².